The summed E-state index contributed by atoms with van der Waals surface area (Å²) in [5.41, 5.74) is 5.50. The number of hydrogen-bond acceptors (Lipinski definition) is 9. The smallest absolute Gasteiger partial charge is 0.380 e. The van der Waals surface area contributed by atoms with Crippen LogP contribution in [-0.2, 0) is 23.4 Å². The molecule has 2 heterocycles. The maximum atomic E-state index is 13.7. The maximum Gasteiger partial charge on any atom is 0.380 e. The molecule has 0 aliphatic carbocycles. The number of carbonyl (C=O) groups is 2. The van der Waals surface area contributed by atoms with Crippen LogP contribution in [0.2, 0.25) is 0 Å². The fourth-order valence-electron chi connectivity index (χ4n) is 3.61. The van der Waals surface area contributed by atoms with Crippen molar-refractivity contribution in [1.29, 1.82) is 0 Å². The molecule has 1 aromatic carbocycles. The number of primary amides is 1. The molecular formula is C24H32N2O9P+. The van der Waals surface area contributed by atoms with E-state index in [1.54, 1.807) is 63.4 Å². The molecule has 0 saturated carbocycles. The number of pyridine rings is 1. The van der Waals surface area contributed by atoms with Gasteiger partial charge in [-0.2, -0.15) is 4.57 Å². The molecule has 1 aliphatic rings. The Morgan fingerprint density at radius 2 is 1.81 bits per heavy atom. The van der Waals surface area contributed by atoms with E-state index in [4.69, 9.17) is 24.3 Å². The first kappa shape index (κ1) is 27.8. The summed E-state index contributed by atoms with van der Waals surface area (Å²) in [5, 5.41) is 21.1. The van der Waals surface area contributed by atoms with E-state index < -0.39 is 56.5 Å². The van der Waals surface area contributed by atoms with Crippen LogP contribution in [0.15, 0.2) is 54.9 Å². The number of para-hydroxylation sites is 1. The Bertz CT molecular complexity index is 1100. The molecule has 3 rings (SSSR count). The van der Waals surface area contributed by atoms with E-state index in [9.17, 15) is 24.4 Å². The van der Waals surface area contributed by atoms with E-state index in [1.807, 2.05) is 0 Å². The average Bonchev–Trinajstić information content (AvgIpc) is 3.11. The third-order valence-corrected chi connectivity index (χ3v) is 7.44. The lowest BCUT2D eigenvalue weighted by molar-refractivity contribution is -0.765. The summed E-state index contributed by atoms with van der Waals surface area (Å²) >= 11 is 0. The molecule has 2 aromatic rings. The van der Waals surface area contributed by atoms with Gasteiger partial charge in [0, 0.05) is 6.07 Å². The number of ether oxygens (including phenoxy) is 2. The second-order valence-corrected chi connectivity index (χ2v) is 10.9. The Kier molecular flexibility index (Phi) is 9.21. The van der Waals surface area contributed by atoms with Gasteiger partial charge in [0.15, 0.2) is 18.5 Å². The van der Waals surface area contributed by atoms with Crippen LogP contribution in [0.4, 0.5) is 0 Å². The lowest BCUT2D eigenvalue weighted by Gasteiger charge is -2.24. The van der Waals surface area contributed by atoms with Crippen molar-refractivity contribution in [3.05, 3.63) is 60.4 Å². The summed E-state index contributed by atoms with van der Waals surface area (Å²) in [4.78, 5) is 23.8. The number of aromatic nitrogens is 1. The van der Waals surface area contributed by atoms with Gasteiger partial charge in [0.25, 0.3) is 12.1 Å². The Balaban J connectivity index is 1.74. The van der Waals surface area contributed by atoms with Crippen LogP contribution in [0.3, 0.4) is 0 Å². The third-order valence-electron chi connectivity index (χ3n) is 5.41. The molecule has 0 radical (unpaired) electrons. The zero-order chi connectivity index (χ0) is 26.5. The number of hydrogen-bond donors (Lipinski definition) is 3. The second kappa shape index (κ2) is 11.9. The van der Waals surface area contributed by atoms with Crippen molar-refractivity contribution >= 4 is 19.5 Å². The molecular weight excluding hydrogens is 491 g/mol. The lowest BCUT2D eigenvalue weighted by atomic mass is 10.1. The summed E-state index contributed by atoms with van der Waals surface area (Å²) in [5.74, 6) is -1.75. The van der Waals surface area contributed by atoms with E-state index in [1.165, 1.54) is 16.8 Å². The molecule has 1 amide bonds. The van der Waals surface area contributed by atoms with Crippen molar-refractivity contribution in [3.63, 3.8) is 0 Å². The molecule has 0 spiro atoms. The van der Waals surface area contributed by atoms with Crippen LogP contribution in [-0.4, -0.2) is 59.3 Å². The number of aliphatic hydroxyl groups excluding tert-OH is 2. The quantitative estimate of drug-likeness (QED) is 0.226. The maximum absolute atomic E-state index is 13.7. The number of aliphatic hydroxyl groups is 2. The van der Waals surface area contributed by atoms with Crippen LogP contribution < -0.4 is 14.8 Å². The molecule has 6 atom stereocenters. The van der Waals surface area contributed by atoms with Crippen molar-refractivity contribution in [2.45, 2.75) is 51.4 Å². The van der Waals surface area contributed by atoms with Gasteiger partial charge in [0.2, 0.25) is 0 Å². The summed E-state index contributed by atoms with van der Waals surface area (Å²) in [6, 6.07) is 11.4. The fraction of sp³-hybridized carbons (Fsp3) is 0.458. The van der Waals surface area contributed by atoms with Gasteiger partial charge in [-0.25, -0.2) is 4.57 Å². The highest BCUT2D eigenvalue weighted by molar-refractivity contribution is 7.54. The van der Waals surface area contributed by atoms with E-state index >= 15 is 0 Å². The van der Waals surface area contributed by atoms with Gasteiger partial charge in [-0.3, -0.25) is 14.1 Å². The highest BCUT2D eigenvalue weighted by Gasteiger charge is 2.49. The fourth-order valence-corrected chi connectivity index (χ4v) is 5.48. The first-order valence-corrected chi connectivity index (χ1v) is 13.2. The van der Waals surface area contributed by atoms with Gasteiger partial charge in [-0.1, -0.05) is 25.1 Å². The van der Waals surface area contributed by atoms with Crippen molar-refractivity contribution in [2.24, 2.45) is 11.7 Å². The van der Waals surface area contributed by atoms with E-state index in [2.05, 4.69) is 0 Å². The third kappa shape index (κ3) is 7.11. The molecule has 1 fully saturated rings. The second-order valence-electron chi connectivity index (χ2n) is 8.83. The van der Waals surface area contributed by atoms with Gasteiger partial charge >= 0.3 is 13.6 Å². The van der Waals surface area contributed by atoms with Crippen LogP contribution in [0.1, 0.15) is 37.4 Å². The van der Waals surface area contributed by atoms with E-state index in [0.29, 0.717) is 0 Å². The van der Waals surface area contributed by atoms with Gasteiger partial charge in [0.1, 0.15) is 23.5 Å². The normalized spacial score (nSPS) is 24.2. The number of amides is 1. The molecule has 12 heteroatoms. The SMILES string of the molecule is CC(C)OC(=O)[C@H](C)CP(=O)(OCC1O[C@@H]([n+]2cccc(C(N)=O)c2)[C@H](O)[C@@H]1O)Oc1ccccc1. The number of carbonyl (C=O) groups excluding carboxylic acids is 2. The minimum atomic E-state index is -3.95. The Morgan fingerprint density at radius 3 is 2.44 bits per heavy atom. The lowest BCUT2D eigenvalue weighted by Crippen LogP contribution is -2.46. The van der Waals surface area contributed by atoms with Gasteiger partial charge in [-0.05, 0) is 32.0 Å². The van der Waals surface area contributed by atoms with Gasteiger partial charge < -0.3 is 29.9 Å². The molecule has 11 nitrogen and oxygen atoms in total. The molecule has 1 saturated heterocycles. The van der Waals surface area contributed by atoms with Crippen LogP contribution in [0.5, 0.6) is 5.75 Å². The molecule has 4 N–H and O–H groups in total. The first-order valence-electron chi connectivity index (χ1n) is 11.5. The summed E-state index contributed by atoms with van der Waals surface area (Å²) in [7, 11) is -3.95. The van der Waals surface area contributed by atoms with Crippen molar-refractivity contribution in [3.8, 4) is 5.75 Å². The average molecular weight is 523 g/mol. The predicted molar refractivity (Wildman–Crippen MR) is 127 cm³/mol. The number of rotatable bonds is 11. The number of nitrogens with zero attached hydrogens (tertiary/aromatic N) is 1. The molecule has 1 aliphatic heterocycles. The summed E-state index contributed by atoms with van der Waals surface area (Å²) < 4.78 is 37.4. The monoisotopic (exact) mass is 523 g/mol. The van der Waals surface area contributed by atoms with Crippen molar-refractivity contribution < 1.29 is 47.5 Å². The highest BCUT2D eigenvalue weighted by atomic mass is 31.2. The number of benzene rings is 1. The van der Waals surface area contributed by atoms with Crippen LogP contribution in [0, 0.1) is 5.92 Å². The van der Waals surface area contributed by atoms with E-state index in [0.717, 1.165) is 0 Å². The Morgan fingerprint density at radius 1 is 1.11 bits per heavy atom. The predicted octanol–water partition coefficient (Wildman–Crippen LogP) is 1.57. The highest BCUT2D eigenvalue weighted by Crippen LogP contribution is 2.50. The molecule has 2 unspecified atom stereocenters. The zero-order valence-corrected chi connectivity index (χ0v) is 21.2. The Hall–Kier alpha value is -2.82. The van der Waals surface area contributed by atoms with Gasteiger partial charge in [0.05, 0.1) is 24.8 Å². The largest absolute Gasteiger partial charge is 0.463 e. The van der Waals surface area contributed by atoms with Crippen molar-refractivity contribution in [1.82, 2.24) is 0 Å². The first-order chi connectivity index (χ1) is 17.0. The van der Waals surface area contributed by atoms with E-state index in [-0.39, 0.29) is 23.6 Å². The minimum Gasteiger partial charge on any atom is -0.463 e. The van der Waals surface area contributed by atoms with Crippen LogP contribution in [0.25, 0.3) is 0 Å². The molecule has 196 valence electrons. The number of nitrogens with two attached hydrogens (primary N) is 1. The minimum absolute atomic E-state index is 0.186. The summed E-state index contributed by atoms with van der Waals surface area (Å²) in [6.07, 6.45) is -2.60. The molecule has 36 heavy (non-hydrogen) atoms. The number of esters is 1. The topological polar surface area (TPSA) is 158 Å². The molecule has 1 aromatic heterocycles. The Labute approximate surface area is 209 Å². The molecule has 0 bridgehead atoms. The van der Waals surface area contributed by atoms with Crippen LogP contribution >= 0.6 is 7.60 Å². The van der Waals surface area contributed by atoms with Gasteiger partial charge in [-0.15, -0.1) is 0 Å². The summed E-state index contributed by atoms with van der Waals surface area (Å²) in [6.45, 7) is 4.57. The zero-order valence-electron chi connectivity index (χ0n) is 20.3. The standard InChI is InChI=1S/C24H31N2O9P/c1-15(2)33-24(30)16(3)14-36(31,35-18-9-5-4-6-10-18)32-13-19-20(27)21(28)23(34-19)26-11-7-8-17(12-26)22(25)29/h4-12,15-16,19-21,23,27-28H,13-14H2,1-3H3,(H-,25,29)/p+1/t16-,19?,20-,21-,23-,36?/m1/s1. The van der Waals surface area contributed by atoms with Crippen molar-refractivity contribution in [2.75, 3.05) is 12.8 Å².